The number of carbonyl (C=O) groups excluding carboxylic acids is 1. The molecule has 0 spiro atoms. The number of amides is 1. The van der Waals surface area contributed by atoms with Gasteiger partial charge in [-0.3, -0.25) is 4.79 Å². The first kappa shape index (κ1) is 18.8. The Balaban J connectivity index is 3.88. The normalized spacial score (nSPS) is 13.0. The number of hydrogen-bond acceptors (Lipinski definition) is 9. The number of carbonyl (C=O) groups is 1. The maximum absolute atomic E-state index is 11.2. The van der Waals surface area contributed by atoms with E-state index in [2.05, 4.69) is 15.0 Å². The largest absolute Gasteiger partial charge is 0.394 e. The van der Waals surface area contributed by atoms with Gasteiger partial charge >= 0.3 is 0 Å². The maximum Gasteiger partial charge on any atom is 0.294 e. The topological polar surface area (TPSA) is 180 Å². The van der Waals surface area contributed by atoms with Crippen LogP contribution in [0.4, 0.5) is 0 Å². The molecule has 0 rings (SSSR count). The minimum absolute atomic E-state index is 0.150. The molecule has 0 aromatic carbocycles. The highest BCUT2D eigenvalue weighted by molar-refractivity contribution is 5.81. The van der Waals surface area contributed by atoms with Gasteiger partial charge in [0.25, 0.3) is 10.2 Å². The molecule has 122 valence electrons. The molecule has 2 unspecified atom stereocenters. The third-order valence-corrected chi connectivity index (χ3v) is 2.39. The third kappa shape index (κ3) is 10.3. The Morgan fingerprint density at radius 2 is 1.95 bits per heavy atom. The molecular weight excluding hydrogens is 292 g/mol. The Morgan fingerprint density at radius 3 is 2.48 bits per heavy atom. The summed E-state index contributed by atoms with van der Waals surface area (Å²) < 4.78 is 0. The van der Waals surface area contributed by atoms with Gasteiger partial charge in [0, 0.05) is 6.54 Å². The number of unbranched alkanes of at least 4 members (excludes halogenated alkanes) is 1. The quantitative estimate of drug-likeness (QED) is 0.217. The van der Waals surface area contributed by atoms with Crippen molar-refractivity contribution in [3.8, 4) is 0 Å². The van der Waals surface area contributed by atoms with Gasteiger partial charge in [-0.2, -0.15) is 0 Å². The Bertz CT molecular complexity index is 353. The van der Waals surface area contributed by atoms with E-state index in [4.69, 9.17) is 10.8 Å². The van der Waals surface area contributed by atoms with Gasteiger partial charge in [0.2, 0.25) is 5.91 Å². The van der Waals surface area contributed by atoms with E-state index in [-0.39, 0.29) is 13.0 Å². The zero-order chi connectivity index (χ0) is 16.3. The molecular formula is C9H18N4O8. The molecule has 0 aromatic rings. The van der Waals surface area contributed by atoms with Crippen LogP contribution >= 0.6 is 0 Å². The summed E-state index contributed by atoms with van der Waals surface area (Å²) in [7, 11) is 0. The molecule has 2 atom stereocenters. The van der Waals surface area contributed by atoms with Gasteiger partial charge in [-0.25, -0.2) is 0 Å². The SMILES string of the molecule is NC(CO)C(=O)NCCCCC(CO[N+](=O)[O-])O[N+](=O)[O-]. The molecule has 0 fully saturated rings. The molecule has 0 aromatic heterocycles. The van der Waals surface area contributed by atoms with Crippen LogP contribution in [0.2, 0.25) is 0 Å². The van der Waals surface area contributed by atoms with Crippen LogP contribution in [0.15, 0.2) is 0 Å². The number of rotatable bonds is 12. The molecule has 0 bridgehead atoms. The van der Waals surface area contributed by atoms with Crippen molar-refractivity contribution in [3.63, 3.8) is 0 Å². The first-order valence-electron chi connectivity index (χ1n) is 6.09. The van der Waals surface area contributed by atoms with Gasteiger partial charge in [-0.1, -0.05) is 0 Å². The Morgan fingerprint density at radius 1 is 1.29 bits per heavy atom. The van der Waals surface area contributed by atoms with Crippen molar-refractivity contribution in [2.45, 2.75) is 31.4 Å². The Labute approximate surface area is 119 Å². The minimum atomic E-state index is -1.06. The average Bonchev–Trinajstić information content (AvgIpc) is 2.42. The van der Waals surface area contributed by atoms with Gasteiger partial charge < -0.3 is 25.8 Å². The molecule has 4 N–H and O–H groups in total. The van der Waals surface area contributed by atoms with Crippen molar-refractivity contribution in [2.24, 2.45) is 5.73 Å². The summed E-state index contributed by atoms with van der Waals surface area (Å²) in [6.07, 6.45) is -0.0361. The fourth-order valence-corrected chi connectivity index (χ4v) is 1.35. The third-order valence-electron chi connectivity index (χ3n) is 2.39. The Hall–Kier alpha value is -2.21. The number of nitrogens with zero attached hydrogens (tertiary/aromatic N) is 2. The average molecular weight is 310 g/mol. The van der Waals surface area contributed by atoms with E-state index in [1.165, 1.54) is 0 Å². The standard InChI is InChI=1S/C9H18N4O8/c10-8(5-14)9(15)11-4-2-1-3-7(21-13(18)19)6-20-12(16)17/h7-8,14H,1-6,10H2,(H,11,15). The van der Waals surface area contributed by atoms with Crippen molar-refractivity contribution >= 4 is 5.91 Å². The summed E-state index contributed by atoms with van der Waals surface area (Å²) in [6.45, 7) is -0.758. The molecule has 0 heterocycles. The molecule has 1 amide bonds. The minimum Gasteiger partial charge on any atom is -0.394 e. The van der Waals surface area contributed by atoms with Crippen LogP contribution in [0.1, 0.15) is 19.3 Å². The van der Waals surface area contributed by atoms with Crippen molar-refractivity contribution in [3.05, 3.63) is 20.2 Å². The molecule has 0 saturated heterocycles. The van der Waals surface area contributed by atoms with Crippen LogP contribution in [-0.4, -0.2) is 53.1 Å². The second-order valence-electron chi connectivity index (χ2n) is 4.05. The molecule has 0 saturated carbocycles. The fourth-order valence-electron chi connectivity index (χ4n) is 1.35. The van der Waals surface area contributed by atoms with E-state index in [1.807, 2.05) is 0 Å². The van der Waals surface area contributed by atoms with Gasteiger partial charge in [0.1, 0.15) is 18.8 Å². The van der Waals surface area contributed by atoms with Gasteiger partial charge in [-0.15, -0.1) is 20.2 Å². The molecule has 0 aliphatic heterocycles. The van der Waals surface area contributed by atoms with Crippen molar-refractivity contribution in [1.29, 1.82) is 0 Å². The zero-order valence-electron chi connectivity index (χ0n) is 11.2. The van der Waals surface area contributed by atoms with Gasteiger partial charge in [-0.05, 0) is 19.3 Å². The second kappa shape index (κ2) is 10.6. The molecule has 0 aliphatic carbocycles. The number of nitrogens with two attached hydrogens (primary N) is 1. The van der Waals surface area contributed by atoms with Crippen LogP contribution in [0, 0.1) is 20.2 Å². The fraction of sp³-hybridized carbons (Fsp3) is 0.889. The number of hydrogen-bond donors (Lipinski definition) is 3. The maximum atomic E-state index is 11.2. The van der Waals surface area contributed by atoms with Gasteiger partial charge in [0.05, 0.1) is 6.61 Å². The highest BCUT2D eigenvalue weighted by Gasteiger charge is 2.15. The van der Waals surface area contributed by atoms with Crippen molar-refractivity contribution < 1.29 is 29.7 Å². The Kier molecular flexibility index (Phi) is 9.45. The number of nitrogens with one attached hydrogen (secondary N) is 1. The van der Waals surface area contributed by atoms with E-state index >= 15 is 0 Å². The van der Waals surface area contributed by atoms with Crippen LogP contribution in [0.3, 0.4) is 0 Å². The van der Waals surface area contributed by atoms with Crippen LogP contribution in [-0.2, 0) is 14.5 Å². The van der Waals surface area contributed by atoms with E-state index in [0.29, 0.717) is 12.8 Å². The molecule has 12 nitrogen and oxygen atoms in total. The number of aliphatic hydroxyl groups excluding tert-OH is 1. The zero-order valence-corrected chi connectivity index (χ0v) is 11.2. The van der Waals surface area contributed by atoms with Gasteiger partial charge in [0.15, 0.2) is 0 Å². The summed E-state index contributed by atoms with van der Waals surface area (Å²) in [5.74, 6) is -0.507. The lowest BCUT2D eigenvalue weighted by atomic mass is 10.1. The van der Waals surface area contributed by atoms with E-state index in [1.54, 1.807) is 0 Å². The predicted molar refractivity (Wildman–Crippen MR) is 66.7 cm³/mol. The summed E-state index contributed by atoms with van der Waals surface area (Å²) in [5, 5.41) is 29.2. The summed E-state index contributed by atoms with van der Waals surface area (Å²) in [6, 6.07) is -0.996. The molecule has 0 aliphatic rings. The summed E-state index contributed by atoms with van der Waals surface area (Å²) in [4.78, 5) is 39.7. The van der Waals surface area contributed by atoms with Crippen LogP contribution < -0.4 is 11.1 Å². The molecule has 12 heteroatoms. The van der Waals surface area contributed by atoms with E-state index in [9.17, 15) is 25.0 Å². The lowest BCUT2D eigenvalue weighted by Gasteiger charge is -2.13. The van der Waals surface area contributed by atoms with Crippen molar-refractivity contribution in [2.75, 3.05) is 19.8 Å². The molecule has 21 heavy (non-hydrogen) atoms. The lowest BCUT2D eigenvalue weighted by Crippen LogP contribution is -2.43. The summed E-state index contributed by atoms with van der Waals surface area (Å²) in [5.41, 5.74) is 5.26. The molecule has 0 radical (unpaired) electrons. The number of aliphatic hydroxyl groups is 1. The first-order chi connectivity index (χ1) is 9.86. The predicted octanol–water partition coefficient (Wildman–Crippen LogP) is -1.62. The lowest BCUT2D eigenvalue weighted by molar-refractivity contribution is -0.790. The highest BCUT2D eigenvalue weighted by atomic mass is 17.0. The highest BCUT2D eigenvalue weighted by Crippen LogP contribution is 2.06. The smallest absolute Gasteiger partial charge is 0.294 e. The van der Waals surface area contributed by atoms with E-state index < -0.39 is 41.4 Å². The summed E-state index contributed by atoms with van der Waals surface area (Å²) >= 11 is 0. The monoisotopic (exact) mass is 310 g/mol. The second-order valence-corrected chi connectivity index (χ2v) is 4.05. The van der Waals surface area contributed by atoms with Crippen molar-refractivity contribution in [1.82, 2.24) is 5.32 Å². The van der Waals surface area contributed by atoms with E-state index in [0.717, 1.165) is 0 Å². The first-order valence-corrected chi connectivity index (χ1v) is 6.09. The van der Waals surface area contributed by atoms with Crippen LogP contribution in [0.25, 0.3) is 0 Å². The van der Waals surface area contributed by atoms with Crippen LogP contribution in [0.5, 0.6) is 0 Å².